The monoisotopic (exact) mass is 318 g/mol. The van der Waals surface area contributed by atoms with Crippen molar-refractivity contribution in [3.05, 3.63) is 0 Å². The summed E-state index contributed by atoms with van der Waals surface area (Å²) >= 11 is 0. The zero-order valence-electron chi connectivity index (χ0n) is 9.73. The van der Waals surface area contributed by atoms with Gasteiger partial charge in [0, 0.05) is 5.41 Å². The highest BCUT2D eigenvalue weighted by atomic mass is 31.2. The highest BCUT2D eigenvalue weighted by Gasteiger charge is 2.76. The molecular weight excluding hydrogens is 308 g/mol. The van der Waals surface area contributed by atoms with Crippen molar-refractivity contribution in [2.45, 2.75) is 32.1 Å². The molecule has 3 nitrogen and oxygen atoms in total. The SMILES string of the molecule is CC1(C)COP(OC(F)(C(F)(F)F)C(F)(F)F)OC1. The van der Waals surface area contributed by atoms with Crippen LogP contribution in [0.15, 0.2) is 0 Å². The normalized spacial score (nSPS) is 22.6. The Morgan fingerprint density at radius 1 is 0.895 bits per heavy atom. The fraction of sp³-hybridized carbons (Fsp3) is 1.00. The van der Waals surface area contributed by atoms with E-state index in [1.807, 2.05) is 0 Å². The molecule has 114 valence electrons. The van der Waals surface area contributed by atoms with Crippen molar-refractivity contribution in [2.24, 2.45) is 5.41 Å². The quantitative estimate of drug-likeness (QED) is 0.567. The molecule has 0 aromatic heterocycles. The first kappa shape index (κ1) is 16.9. The van der Waals surface area contributed by atoms with E-state index in [1.54, 1.807) is 13.8 Å². The predicted octanol–water partition coefficient (Wildman–Crippen LogP) is 4.09. The summed E-state index contributed by atoms with van der Waals surface area (Å²) in [6, 6.07) is 0. The molecule has 0 bridgehead atoms. The lowest BCUT2D eigenvalue weighted by atomic mass is 9.97. The minimum Gasteiger partial charge on any atom is -0.312 e. The van der Waals surface area contributed by atoms with Gasteiger partial charge in [0.15, 0.2) is 0 Å². The summed E-state index contributed by atoms with van der Waals surface area (Å²) < 4.78 is 98.8. The van der Waals surface area contributed by atoms with Crippen LogP contribution in [-0.4, -0.2) is 31.4 Å². The van der Waals surface area contributed by atoms with E-state index in [9.17, 15) is 30.7 Å². The second kappa shape index (κ2) is 4.98. The van der Waals surface area contributed by atoms with Crippen molar-refractivity contribution < 1.29 is 44.3 Å². The standard InChI is InChI=1S/C8H10F7O3P/c1-5(2)3-16-19(17-4-5)18-6(9,7(10,11)12)8(13,14)15/h3-4H2,1-2H3. The van der Waals surface area contributed by atoms with E-state index in [2.05, 4.69) is 13.6 Å². The van der Waals surface area contributed by atoms with Crippen LogP contribution in [0.2, 0.25) is 0 Å². The smallest absolute Gasteiger partial charge is 0.312 e. The van der Waals surface area contributed by atoms with Gasteiger partial charge in [0.1, 0.15) is 0 Å². The van der Waals surface area contributed by atoms with Gasteiger partial charge >= 0.3 is 26.8 Å². The Kier molecular flexibility index (Phi) is 4.42. The summed E-state index contributed by atoms with van der Waals surface area (Å²) in [7, 11) is -3.06. The minimum atomic E-state index is -6.28. The number of halogens is 7. The van der Waals surface area contributed by atoms with Crippen molar-refractivity contribution >= 4 is 8.60 Å². The van der Waals surface area contributed by atoms with Crippen LogP contribution in [0.3, 0.4) is 0 Å². The summed E-state index contributed by atoms with van der Waals surface area (Å²) in [5, 5.41) is 0. The van der Waals surface area contributed by atoms with Gasteiger partial charge in [-0.05, 0) is 0 Å². The van der Waals surface area contributed by atoms with Crippen LogP contribution in [0, 0.1) is 5.41 Å². The lowest BCUT2D eigenvalue weighted by Crippen LogP contribution is -2.54. The van der Waals surface area contributed by atoms with E-state index in [0.29, 0.717) is 0 Å². The molecule has 0 aromatic rings. The second-order valence-electron chi connectivity index (χ2n) is 4.62. The molecule has 1 rings (SSSR count). The van der Waals surface area contributed by atoms with Gasteiger partial charge in [-0.15, -0.1) is 0 Å². The van der Waals surface area contributed by atoms with Gasteiger partial charge in [-0.25, -0.2) is 0 Å². The van der Waals surface area contributed by atoms with Crippen molar-refractivity contribution in [1.82, 2.24) is 0 Å². The molecule has 0 atom stereocenters. The molecular formula is C8H10F7O3P. The molecule has 1 saturated heterocycles. The molecule has 1 aliphatic rings. The van der Waals surface area contributed by atoms with Gasteiger partial charge in [0.2, 0.25) is 0 Å². The summed E-state index contributed by atoms with van der Waals surface area (Å²) in [6.07, 6.45) is -12.6. The largest absolute Gasteiger partial charge is 0.458 e. The summed E-state index contributed by atoms with van der Waals surface area (Å²) in [4.78, 5) is 0. The van der Waals surface area contributed by atoms with Gasteiger partial charge in [0.05, 0.1) is 13.2 Å². The van der Waals surface area contributed by atoms with Crippen molar-refractivity contribution in [3.63, 3.8) is 0 Å². The molecule has 1 heterocycles. The van der Waals surface area contributed by atoms with Crippen LogP contribution in [0.25, 0.3) is 0 Å². The molecule has 0 spiro atoms. The fourth-order valence-corrected chi connectivity index (χ4v) is 2.46. The van der Waals surface area contributed by atoms with Crippen LogP contribution >= 0.6 is 8.60 Å². The van der Waals surface area contributed by atoms with E-state index in [1.165, 1.54) is 0 Å². The molecule has 0 radical (unpaired) electrons. The third-order valence-corrected chi connectivity index (χ3v) is 3.13. The maximum atomic E-state index is 13.2. The van der Waals surface area contributed by atoms with Crippen molar-refractivity contribution in [2.75, 3.05) is 13.2 Å². The lowest BCUT2D eigenvalue weighted by Gasteiger charge is -2.36. The Hall–Kier alpha value is -0.180. The average molecular weight is 318 g/mol. The van der Waals surface area contributed by atoms with E-state index < -0.39 is 32.2 Å². The summed E-state index contributed by atoms with van der Waals surface area (Å²) in [6.45, 7) is 2.81. The number of alkyl halides is 7. The van der Waals surface area contributed by atoms with Crippen molar-refractivity contribution in [3.8, 4) is 0 Å². The molecule has 0 unspecified atom stereocenters. The van der Waals surface area contributed by atoms with Crippen molar-refractivity contribution in [1.29, 1.82) is 0 Å². The van der Waals surface area contributed by atoms with Gasteiger partial charge < -0.3 is 9.05 Å². The third kappa shape index (κ3) is 3.68. The molecule has 0 N–H and O–H groups in total. The summed E-state index contributed by atoms with van der Waals surface area (Å²) in [5.41, 5.74) is -0.600. The predicted molar refractivity (Wildman–Crippen MR) is 49.6 cm³/mol. The number of hydrogen-bond acceptors (Lipinski definition) is 3. The van der Waals surface area contributed by atoms with Gasteiger partial charge in [-0.2, -0.15) is 30.7 Å². The second-order valence-corrected chi connectivity index (χ2v) is 5.76. The Morgan fingerprint density at radius 2 is 1.26 bits per heavy atom. The van der Waals surface area contributed by atoms with E-state index in [0.717, 1.165) is 0 Å². The molecule has 19 heavy (non-hydrogen) atoms. The van der Waals surface area contributed by atoms with E-state index >= 15 is 0 Å². The highest BCUT2D eigenvalue weighted by molar-refractivity contribution is 7.41. The Balaban J connectivity index is 2.82. The third-order valence-electron chi connectivity index (χ3n) is 2.05. The van der Waals surface area contributed by atoms with Gasteiger partial charge in [-0.3, -0.25) is 4.52 Å². The molecule has 1 fully saturated rings. The topological polar surface area (TPSA) is 27.7 Å². The Labute approximate surface area is 105 Å². The molecule has 0 amide bonds. The van der Waals surface area contributed by atoms with E-state index in [-0.39, 0.29) is 13.2 Å². The Morgan fingerprint density at radius 3 is 1.58 bits per heavy atom. The van der Waals surface area contributed by atoms with Gasteiger partial charge in [0.25, 0.3) is 0 Å². The first-order valence-corrected chi connectivity index (χ1v) is 5.95. The minimum absolute atomic E-state index is 0.204. The Bertz CT molecular complexity index is 303. The van der Waals surface area contributed by atoms with Gasteiger partial charge in [-0.1, -0.05) is 13.8 Å². The lowest BCUT2D eigenvalue weighted by molar-refractivity contribution is -0.408. The van der Waals surface area contributed by atoms with Crippen LogP contribution in [0.4, 0.5) is 30.7 Å². The van der Waals surface area contributed by atoms with Crippen LogP contribution < -0.4 is 0 Å². The summed E-state index contributed by atoms with van der Waals surface area (Å²) in [5.74, 6) is -5.81. The molecule has 0 saturated carbocycles. The van der Waals surface area contributed by atoms with Crippen LogP contribution in [-0.2, 0) is 13.6 Å². The number of hydrogen-bond donors (Lipinski definition) is 0. The first-order chi connectivity index (χ1) is 8.29. The first-order valence-electron chi connectivity index (χ1n) is 4.86. The van der Waals surface area contributed by atoms with E-state index in [4.69, 9.17) is 0 Å². The zero-order chi connectivity index (χ0) is 15.1. The highest BCUT2D eigenvalue weighted by Crippen LogP contribution is 2.57. The maximum absolute atomic E-state index is 13.2. The average Bonchev–Trinajstić information content (AvgIpc) is 2.17. The molecule has 1 aliphatic heterocycles. The molecule has 11 heteroatoms. The zero-order valence-corrected chi connectivity index (χ0v) is 10.6. The molecule has 0 aliphatic carbocycles. The van der Waals surface area contributed by atoms with Crippen LogP contribution in [0.1, 0.15) is 13.8 Å². The van der Waals surface area contributed by atoms with Crippen LogP contribution in [0.5, 0.6) is 0 Å². The maximum Gasteiger partial charge on any atom is 0.458 e. The fourth-order valence-electron chi connectivity index (χ4n) is 0.953. The number of rotatable bonds is 2. The molecule has 0 aromatic carbocycles.